The van der Waals surface area contributed by atoms with Gasteiger partial charge in [-0.3, -0.25) is 14.6 Å². The maximum Gasteiger partial charge on any atom is 0.271 e. The Morgan fingerprint density at radius 1 is 1.23 bits per heavy atom. The van der Waals surface area contributed by atoms with Crippen LogP contribution in [0.2, 0.25) is 0 Å². The summed E-state index contributed by atoms with van der Waals surface area (Å²) in [5, 5.41) is 14.0. The standard InChI is InChI=1S/C25H25N7O3/c1-14-9-19(14)30-25(34)21-12-32-24(29-21)20(26-2)10-22(31-32)28-18-6-4-5-16(23(18)35-3)17-8-7-15(13-33)11-27-17/h4-8,10-14,19,26H,9H2,1-3H3,(H,28,31)(H,30,34). The number of carbonyl (C=O) groups is 2. The molecule has 3 heterocycles. The Morgan fingerprint density at radius 3 is 2.71 bits per heavy atom. The Hall–Kier alpha value is -4.47. The van der Waals surface area contributed by atoms with Gasteiger partial charge in [0.05, 0.1) is 30.4 Å². The van der Waals surface area contributed by atoms with Crippen LogP contribution in [0.5, 0.6) is 5.75 Å². The third-order valence-corrected chi connectivity index (χ3v) is 6.03. The minimum atomic E-state index is -0.205. The van der Waals surface area contributed by atoms with E-state index in [-0.39, 0.29) is 11.9 Å². The SMILES string of the molecule is CNc1cc(Nc2cccc(-c3ccc(C=O)cn3)c2OC)nn2cc(C(=O)NC3CC3C)nc12. The number of nitrogens with one attached hydrogen (secondary N) is 3. The zero-order valence-corrected chi connectivity index (χ0v) is 19.6. The zero-order chi connectivity index (χ0) is 24.5. The first-order valence-corrected chi connectivity index (χ1v) is 11.3. The van der Waals surface area contributed by atoms with E-state index in [0.717, 1.165) is 18.3 Å². The predicted octanol–water partition coefficient (Wildman–Crippen LogP) is 3.54. The van der Waals surface area contributed by atoms with Gasteiger partial charge in [-0.1, -0.05) is 13.0 Å². The first-order valence-electron chi connectivity index (χ1n) is 11.3. The van der Waals surface area contributed by atoms with E-state index in [2.05, 4.69) is 37.9 Å². The Kier molecular flexibility index (Phi) is 5.77. The Labute approximate surface area is 201 Å². The van der Waals surface area contributed by atoms with E-state index in [0.29, 0.717) is 51.5 Å². The lowest BCUT2D eigenvalue weighted by Crippen LogP contribution is -2.26. The summed E-state index contributed by atoms with van der Waals surface area (Å²) in [6, 6.07) is 11.2. The molecule has 0 radical (unpaired) electrons. The van der Waals surface area contributed by atoms with E-state index in [1.807, 2.05) is 24.3 Å². The summed E-state index contributed by atoms with van der Waals surface area (Å²) < 4.78 is 7.28. The second kappa shape index (κ2) is 9.05. The van der Waals surface area contributed by atoms with Crippen LogP contribution < -0.4 is 20.7 Å². The van der Waals surface area contributed by atoms with Crippen molar-refractivity contribution in [2.45, 2.75) is 19.4 Å². The maximum absolute atomic E-state index is 12.6. The van der Waals surface area contributed by atoms with Crippen LogP contribution in [0.4, 0.5) is 17.2 Å². The fraction of sp³-hybridized carbons (Fsp3) is 0.240. The molecule has 1 aliphatic carbocycles. The number of para-hydroxylation sites is 1. The van der Waals surface area contributed by atoms with Gasteiger partial charge in [-0.05, 0) is 36.6 Å². The number of pyridine rings is 1. The van der Waals surface area contributed by atoms with Crippen molar-refractivity contribution >= 4 is 35.0 Å². The molecule has 2 unspecified atom stereocenters. The highest BCUT2D eigenvalue weighted by atomic mass is 16.5. The summed E-state index contributed by atoms with van der Waals surface area (Å²) in [5.74, 6) is 1.41. The van der Waals surface area contributed by atoms with Crippen molar-refractivity contribution in [1.29, 1.82) is 0 Å². The van der Waals surface area contributed by atoms with Crippen LogP contribution in [0.15, 0.2) is 48.8 Å². The number of hydrogen-bond acceptors (Lipinski definition) is 8. The number of carbonyl (C=O) groups excluding carboxylic acids is 2. The smallest absolute Gasteiger partial charge is 0.271 e. The van der Waals surface area contributed by atoms with E-state index in [4.69, 9.17) is 4.74 Å². The molecule has 5 rings (SSSR count). The minimum absolute atomic E-state index is 0.205. The van der Waals surface area contributed by atoms with Gasteiger partial charge in [-0.15, -0.1) is 5.10 Å². The predicted molar refractivity (Wildman–Crippen MR) is 132 cm³/mol. The second-order valence-electron chi connectivity index (χ2n) is 8.49. The van der Waals surface area contributed by atoms with Gasteiger partial charge >= 0.3 is 0 Å². The molecule has 1 aromatic carbocycles. The quantitative estimate of drug-likeness (QED) is 0.334. The van der Waals surface area contributed by atoms with Crippen LogP contribution >= 0.6 is 0 Å². The minimum Gasteiger partial charge on any atom is -0.494 e. The number of nitrogens with zero attached hydrogens (tertiary/aromatic N) is 4. The van der Waals surface area contributed by atoms with Gasteiger partial charge in [0.2, 0.25) is 0 Å². The van der Waals surface area contributed by atoms with Gasteiger partial charge < -0.3 is 20.7 Å². The number of aromatic nitrogens is 4. The molecule has 4 aromatic rings. The lowest BCUT2D eigenvalue weighted by molar-refractivity contribution is 0.0944. The topological polar surface area (TPSA) is 123 Å². The molecule has 3 aromatic heterocycles. The van der Waals surface area contributed by atoms with Crippen molar-refractivity contribution in [3.05, 3.63) is 60.0 Å². The summed E-state index contributed by atoms with van der Waals surface area (Å²) in [6.07, 6.45) is 4.89. The monoisotopic (exact) mass is 471 g/mol. The molecule has 1 amide bonds. The molecular formula is C25H25N7O3. The molecule has 1 saturated carbocycles. The summed E-state index contributed by atoms with van der Waals surface area (Å²) in [4.78, 5) is 32.4. The van der Waals surface area contributed by atoms with E-state index >= 15 is 0 Å². The fourth-order valence-corrected chi connectivity index (χ4v) is 3.93. The molecule has 0 bridgehead atoms. The number of anilines is 3. The number of amides is 1. The first-order chi connectivity index (χ1) is 17.0. The van der Waals surface area contributed by atoms with Crippen molar-refractivity contribution in [1.82, 2.24) is 24.9 Å². The van der Waals surface area contributed by atoms with Crippen LogP contribution in [0.1, 0.15) is 34.2 Å². The Balaban J connectivity index is 1.47. The van der Waals surface area contributed by atoms with Gasteiger partial charge in [0.1, 0.15) is 5.69 Å². The number of benzene rings is 1. The molecule has 10 nitrogen and oxygen atoms in total. The van der Waals surface area contributed by atoms with Crippen LogP contribution in [0.3, 0.4) is 0 Å². The average Bonchev–Trinajstić information content (AvgIpc) is 3.39. The lowest BCUT2D eigenvalue weighted by Gasteiger charge is -2.15. The first kappa shape index (κ1) is 22.3. The van der Waals surface area contributed by atoms with E-state index in [9.17, 15) is 9.59 Å². The number of imidazole rings is 1. The zero-order valence-electron chi connectivity index (χ0n) is 19.6. The van der Waals surface area contributed by atoms with Crippen LogP contribution in [-0.2, 0) is 0 Å². The number of rotatable bonds is 8. The molecule has 1 fully saturated rings. The average molecular weight is 472 g/mol. The number of aldehydes is 1. The van der Waals surface area contributed by atoms with Gasteiger partial charge in [-0.2, -0.15) is 0 Å². The molecule has 0 aliphatic heterocycles. The molecule has 0 saturated heterocycles. The van der Waals surface area contributed by atoms with Crippen LogP contribution in [0, 0.1) is 5.92 Å². The fourth-order valence-electron chi connectivity index (χ4n) is 3.93. The summed E-state index contributed by atoms with van der Waals surface area (Å²) in [7, 11) is 3.37. The summed E-state index contributed by atoms with van der Waals surface area (Å²) in [5.41, 5.74) is 4.19. The molecule has 35 heavy (non-hydrogen) atoms. The van der Waals surface area contributed by atoms with Gasteiger partial charge in [-0.25, -0.2) is 9.50 Å². The molecule has 10 heteroatoms. The largest absolute Gasteiger partial charge is 0.494 e. The number of hydrogen-bond donors (Lipinski definition) is 3. The maximum atomic E-state index is 12.6. The lowest BCUT2D eigenvalue weighted by atomic mass is 10.1. The number of ether oxygens (including phenoxy) is 1. The Morgan fingerprint density at radius 2 is 2.06 bits per heavy atom. The number of methoxy groups -OCH3 is 1. The molecule has 0 spiro atoms. The molecule has 1 aliphatic rings. The highest BCUT2D eigenvalue weighted by molar-refractivity contribution is 5.94. The van der Waals surface area contributed by atoms with Gasteiger partial charge in [0, 0.05) is 36.5 Å². The Bertz CT molecular complexity index is 1410. The molecule has 178 valence electrons. The second-order valence-corrected chi connectivity index (χ2v) is 8.49. The third-order valence-electron chi connectivity index (χ3n) is 6.03. The third kappa shape index (κ3) is 4.37. The van der Waals surface area contributed by atoms with Crippen molar-refractivity contribution < 1.29 is 14.3 Å². The molecule has 3 N–H and O–H groups in total. The normalized spacial score (nSPS) is 16.5. The van der Waals surface area contributed by atoms with Gasteiger partial charge in [0.25, 0.3) is 5.91 Å². The van der Waals surface area contributed by atoms with Crippen molar-refractivity contribution in [3.8, 4) is 17.0 Å². The van der Waals surface area contributed by atoms with Crippen molar-refractivity contribution in [3.63, 3.8) is 0 Å². The summed E-state index contributed by atoms with van der Waals surface area (Å²) >= 11 is 0. The van der Waals surface area contributed by atoms with Crippen molar-refractivity contribution in [2.24, 2.45) is 5.92 Å². The van der Waals surface area contributed by atoms with E-state index < -0.39 is 0 Å². The summed E-state index contributed by atoms with van der Waals surface area (Å²) in [6.45, 7) is 2.10. The van der Waals surface area contributed by atoms with Crippen LogP contribution in [-0.4, -0.2) is 52.0 Å². The van der Waals surface area contributed by atoms with Crippen LogP contribution in [0.25, 0.3) is 16.9 Å². The van der Waals surface area contributed by atoms with Crippen molar-refractivity contribution in [2.75, 3.05) is 24.8 Å². The highest BCUT2D eigenvalue weighted by Crippen LogP contribution is 2.37. The van der Waals surface area contributed by atoms with Gasteiger partial charge in [0.15, 0.2) is 23.5 Å². The van der Waals surface area contributed by atoms with E-state index in [1.165, 1.54) is 6.20 Å². The molecule has 2 atom stereocenters. The highest BCUT2D eigenvalue weighted by Gasteiger charge is 2.34. The van der Waals surface area contributed by atoms with E-state index in [1.54, 1.807) is 37.0 Å². The number of fused-ring (bicyclic) bond motifs is 1. The molecular weight excluding hydrogens is 446 g/mol.